The summed E-state index contributed by atoms with van der Waals surface area (Å²) >= 11 is 0. The molecule has 0 spiro atoms. The normalized spacial score (nSPS) is 11.5. The van der Waals surface area contributed by atoms with E-state index < -0.39 is 0 Å². The fraction of sp³-hybridized carbons (Fsp3) is 0.909. The summed E-state index contributed by atoms with van der Waals surface area (Å²) in [5.74, 6) is -0.567. The lowest BCUT2D eigenvalue weighted by Crippen LogP contribution is -2.25. The van der Waals surface area contributed by atoms with Crippen LogP contribution in [-0.4, -0.2) is 50.3 Å². The van der Waals surface area contributed by atoms with E-state index in [0.717, 1.165) is 109 Å². The third kappa shape index (κ3) is 37.6. The van der Waals surface area contributed by atoms with Gasteiger partial charge in [0.15, 0.2) is 0 Å². The summed E-state index contributed by atoms with van der Waals surface area (Å²) in [6, 6.07) is 0. The van der Waals surface area contributed by atoms with Crippen molar-refractivity contribution in [2.75, 3.05) is 26.4 Å². The van der Waals surface area contributed by atoms with Crippen molar-refractivity contribution in [1.29, 1.82) is 0 Å². The van der Waals surface area contributed by atoms with E-state index in [-0.39, 0.29) is 48.4 Å². The predicted molar refractivity (Wildman–Crippen MR) is 212 cm³/mol. The first kappa shape index (κ1) is 49.9. The van der Waals surface area contributed by atoms with E-state index in [1.807, 2.05) is 0 Å². The van der Waals surface area contributed by atoms with Gasteiger partial charge in [0, 0.05) is 31.6 Å². The van der Waals surface area contributed by atoms with Crippen LogP contribution in [0.25, 0.3) is 0 Å². The fourth-order valence-corrected chi connectivity index (χ4v) is 6.37. The van der Waals surface area contributed by atoms with Crippen LogP contribution in [0.5, 0.6) is 0 Å². The van der Waals surface area contributed by atoms with Crippen LogP contribution in [0.3, 0.4) is 0 Å². The van der Waals surface area contributed by atoms with E-state index in [1.165, 1.54) is 51.4 Å². The molecule has 0 aromatic heterocycles. The number of hydrogen-bond acceptors (Lipinski definition) is 8. The predicted octanol–water partition coefficient (Wildman–Crippen LogP) is 12.2. The molecule has 0 fully saturated rings. The van der Waals surface area contributed by atoms with Gasteiger partial charge in [-0.3, -0.25) is 19.2 Å². The molecule has 0 aromatic rings. The van der Waals surface area contributed by atoms with Gasteiger partial charge < -0.3 is 18.9 Å². The Balaban J connectivity index is 3.89. The lowest BCUT2D eigenvalue weighted by molar-refractivity contribution is -0.150. The van der Waals surface area contributed by atoms with Crippen LogP contribution < -0.4 is 0 Å². The molecule has 52 heavy (non-hydrogen) atoms. The van der Waals surface area contributed by atoms with Crippen LogP contribution in [0.2, 0.25) is 0 Å². The quantitative estimate of drug-likeness (QED) is 0.0352. The molecule has 0 heterocycles. The summed E-state index contributed by atoms with van der Waals surface area (Å²) in [6.07, 6.45) is 28.3. The van der Waals surface area contributed by atoms with E-state index in [2.05, 4.69) is 34.6 Å². The highest BCUT2D eigenvalue weighted by molar-refractivity contribution is 5.70. The molecule has 0 unspecified atom stereocenters. The summed E-state index contributed by atoms with van der Waals surface area (Å²) in [7, 11) is 0. The second-order valence-corrected chi connectivity index (χ2v) is 16.2. The Bertz CT molecular complexity index is 803. The summed E-state index contributed by atoms with van der Waals surface area (Å²) in [5.41, 5.74) is 0.0265. The maximum atomic E-state index is 12.4. The van der Waals surface area contributed by atoms with Gasteiger partial charge in [-0.1, -0.05) is 150 Å². The van der Waals surface area contributed by atoms with Crippen LogP contribution in [0, 0.1) is 11.3 Å². The number of ether oxygens (including phenoxy) is 4. The molecule has 306 valence electrons. The largest absolute Gasteiger partial charge is 0.466 e. The molecule has 0 N–H and O–H groups in total. The van der Waals surface area contributed by atoms with E-state index in [9.17, 15) is 19.2 Å². The van der Waals surface area contributed by atoms with Gasteiger partial charge in [-0.25, -0.2) is 0 Å². The molecule has 0 bridgehead atoms. The fourth-order valence-electron chi connectivity index (χ4n) is 6.37. The van der Waals surface area contributed by atoms with Crippen molar-refractivity contribution in [1.82, 2.24) is 0 Å². The zero-order chi connectivity index (χ0) is 38.5. The first-order valence-electron chi connectivity index (χ1n) is 21.7. The Morgan fingerprint density at radius 2 is 0.654 bits per heavy atom. The molecule has 0 aliphatic rings. The van der Waals surface area contributed by atoms with Gasteiger partial charge in [-0.2, -0.15) is 0 Å². The molecule has 0 saturated carbocycles. The Hall–Kier alpha value is -2.12. The van der Waals surface area contributed by atoms with Crippen LogP contribution in [-0.2, 0) is 38.1 Å². The zero-order valence-corrected chi connectivity index (χ0v) is 34.7. The maximum Gasteiger partial charge on any atom is 0.305 e. The number of unbranched alkanes of at least 4 members (excludes halogenated alkanes) is 20. The molecular weight excluding hydrogens is 656 g/mol. The lowest BCUT2D eigenvalue weighted by atomic mass is 9.85. The SMILES string of the molecule is CCCCCCCCOC(=O)CCCCCCCCC(=O)OCC(COC(=O)CCCCCCCCC(=O)OCCCCCCCC)CC(C)(C)C. The van der Waals surface area contributed by atoms with Gasteiger partial charge in [0.05, 0.1) is 26.4 Å². The molecule has 0 rings (SSSR count). The Morgan fingerprint density at radius 3 is 0.962 bits per heavy atom. The molecular formula is C44H82O8. The average molecular weight is 739 g/mol. The second-order valence-electron chi connectivity index (χ2n) is 16.2. The summed E-state index contributed by atoms with van der Waals surface area (Å²) in [4.78, 5) is 48.6. The standard InChI is InChI=1S/C44H82O8/c1-6-8-10-12-22-28-34-49-40(45)30-24-18-14-16-20-26-32-42(47)51-37-39(36-44(3,4)5)38-52-43(48)33-27-21-17-15-19-25-31-41(46)50-35-29-23-13-11-9-7-2/h39H,6-38H2,1-5H3. The molecule has 0 aromatic carbocycles. The number of esters is 4. The molecule has 0 aliphatic carbocycles. The highest BCUT2D eigenvalue weighted by Crippen LogP contribution is 2.25. The maximum absolute atomic E-state index is 12.4. The number of hydrogen-bond donors (Lipinski definition) is 0. The topological polar surface area (TPSA) is 105 Å². The van der Waals surface area contributed by atoms with Gasteiger partial charge in [0.1, 0.15) is 0 Å². The van der Waals surface area contributed by atoms with Crippen molar-refractivity contribution in [2.45, 2.75) is 221 Å². The number of carbonyl (C=O) groups excluding carboxylic acids is 4. The van der Waals surface area contributed by atoms with Crippen molar-refractivity contribution < 1.29 is 38.1 Å². The highest BCUT2D eigenvalue weighted by atomic mass is 16.5. The summed E-state index contributed by atoms with van der Waals surface area (Å²) in [5, 5.41) is 0. The second kappa shape index (κ2) is 35.9. The average Bonchev–Trinajstić information content (AvgIpc) is 3.10. The van der Waals surface area contributed by atoms with E-state index in [0.29, 0.717) is 38.9 Å². The Labute approximate surface area is 320 Å². The van der Waals surface area contributed by atoms with Crippen LogP contribution in [0.4, 0.5) is 0 Å². The van der Waals surface area contributed by atoms with Gasteiger partial charge in [-0.15, -0.1) is 0 Å². The van der Waals surface area contributed by atoms with E-state index in [4.69, 9.17) is 18.9 Å². The first-order chi connectivity index (χ1) is 25.1. The minimum atomic E-state index is -0.191. The molecule has 0 saturated heterocycles. The first-order valence-corrected chi connectivity index (χ1v) is 21.7. The van der Waals surface area contributed by atoms with Crippen molar-refractivity contribution in [2.24, 2.45) is 11.3 Å². The minimum absolute atomic E-state index is 0.0251. The van der Waals surface area contributed by atoms with Crippen molar-refractivity contribution in [3.8, 4) is 0 Å². The van der Waals surface area contributed by atoms with Gasteiger partial charge in [0.25, 0.3) is 0 Å². The van der Waals surface area contributed by atoms with Crippen LogP contribution in [0.15, 0.2) is 0 Å². The van der Waals surface area contributed by atoms with Crippen LogP contribution in [0.1, 0.15) is 221 Å². The van der Waals surface area contributed by atoms with E-state index in [1.54, 1.807) is 0 Å². The smallest absolute Gasteiger partial charge is 0.305 e. The van der Waals surface area contributed by atoms with Crippen molar-refractivity contribution in [3.05, 3.63) is 0 Å². The summed E-state index contributed by atoms with van der Waals surface area (Å²) < 4.78 is 21.9. The zero-order valence-electron chi connectivity index (χ0n) is 34.7. The van der Waals surface area contributed by atoms with Gasteiger partial charge >= 0.3 is 23.9 Å². The Kier molecular flexibility index (Phi) is 34.4. The third-order valence-electron chi connectivity index (χ3n) is 9.41. The van der Waals surface area contributed by atoms with Crippen molar-refractivity contribution >= 4 is 23.9 Å². The molecule has 8 nitrogen and oxygen atoms in total. The molecule has 8 heteroatoms. The van der Waals surface area contributed by atoms with Crippen molar-refractivity contribution in [3.63, 3.8) is 0 Å². The highest BCUT2D eigenvalue weighted by Gasteiger charge is 2.22. The van der Waals surface area contributed by atoms with Gasteiger partial charge in [0.2, 0.25) is 0 Å². The molecule has 0 amide bonds. The summed E-state index contributed by atoms with van der Waals surface area (Å²) in [6.45, 7) is 12.5. The van der Waals surface area contributed by atoms with Crippen LogP contribution >= 0.6 is 0 Å². The number of carbonyl (C=O) groups is 4. The third-order valence-corrected chi connectivity index (χ3v) is 9.41. The molecule has 0 radical (unpaired) electrons. The molecule has 0 atom stereocenters. The minimum Gasteiger partial charge on any atom is -0.466 e. The van der Waals surface area contributed by atoms with E-state index >= 15 is 0 Å². The Morgan fingerprint density at radius 1 is 0.385 bits per heavy atom. The molecule has 0 aliphatic heterocycles. The van der Waals surface area contributed by atoms with Gasteiger partial charge in [-0.05, 0) is 50.4 Å². The lowest BCUT2D eigenvalue weighted by Gasteiger charge is -2.25. The monoisotopic (exact) mass is 739 g/mol. The number of rotatable bonds is 37.